The van der Waals surface area contributed by atoms with Crippen LogP contribution in [0.5, 0.6) is 0 Å². The molecule has 11 heavy (non-hydrogen) atoms. The molecule has 0 aliphatic heterocycles. The highest BCUT2D eigenvalue weighted by Gasteiger charge is 2.14. The van der Waals surface area contributed by atoms with Crippen molar-refractivity contribution >= 4 is 12.3 Å². The zero-order valence-corrected chi connectivity index (χ0v) is 6.16. The van der Waals surface area contributed by atoms with Crippen molar-refractivity contribution in [1.82, 2.24) is 0 Å². The van der Waals surface area contributed by atoms with E-state index in [-0.39, 0.29) is 5.97 Å². The Balaban J connectivity index is 2.59. The molecule has 58 valence electrons. The Morgan fingerprint density at radius 3 is 2.82 bits per heavy atom. The maximum atomic E-state index is 10.8. The summed E-state index contributed by atoms with van der Waals surface area (Å²) in [6.45, 7) is 0. The van der Waals surface area contributed by atoms with Gasteiger partial charge in [-0.05, 0) is 5.57 Å². The van der Waals surface area contributed by atoms with E-state index in [9.17, 15) is 9.59 Å². The highest BCUT2D eigenvalue weighted by Crippen LogP contribution is 2.17. The molecule has 0 radical (unpaired) electrons. The highest BCUT2D eigenvalue weighted by atomic mass is 16.5. The fraction of sp³-hybridized carbons (Fsp3) is 0.250. The van der Waals surface area contributed by atoms with Crippen molar-refractivity contribution < 1.29 is 14.3 Å². The lowest BCUT2D eigenvalue weighted by molar-refractivity contribution is -0.136. The number of methoxy groups -OCH3 is 1. The van der Waals surface area contributed by atoms with E-state index in [1.165, 1.54) is 7.11 Å². The third kappa shape index (κ3) is 1.55. The first-order chi connectivity index (χ1) is 5.27. The van der Waals surface area contributed by atoms with Gasteiger partial charge in [-0.25, -0.2) is 4.79 Å². The van der Waals surface area contributed by atoms with E-state index < -0.39 is 0 Å². The summed E-state index contributed by atoms with van der Waals surface area (Å²) < 4.78 is 4.47. The summed E-state index contributed by atoms with van der Waals surface area (Å²) in [6.07, 6.45) is 4.37. The summed E-state index contributed by atoms with van der Waals surface area (Å²) in [4.78, 5) is 21.0. The number of ether oxygens (including phenoxy) is 1. The van der Waals surface area contributed by atoms with Crippen LogP contribution in [-0.2, 0) is 14.3 Å². The lowest BCUT2D eigenvalue weighted by atomic mass is 10.2. The topological polar surface area (TPSA) is 43.4 Å². The van der Waals surface area contributed by atoms with Gasteiger partial charge in [-0.15, -0.1) is 0 Å². The van der Waals surface area contributed by atoms with Crippen molar-refractivity contribution in [3.63, 3.8) is 0 Å². The SMILES string of the molecule is COC(=O)C1=CC=C(C=O)C1. The smallest absolute Gasteiger partial charge is 0.334 e. The van der Waals surface area contributed by atoms with Crippen LogP contribution >= 0.6 is 0 Å². The average Bonchev–Trinajstić information content (AvgIpc) is 2.50. The van der Waals surface area contributed by atoms with Crippen molar-refractivity contribution in [3.8, 4) is 0 Å². The van der Waals surface area contributed by atoms with Crippen LogP contribution in [0, 0.1) is 0 Å². The molecule has 0 N–H and O–H groups in total. The molecule has 1 aliphatic rings. The number of aldehydes is 1. The molecule has 0 atom stereocenters. The normalized spacial score (nSPS) is 15.4. The van der Waals surface area contributed by atoms with Crippen LogP contribution in [0.2, 0.25) is 0 Å². The Bertz CT molecular complexity index is 248. The molecule has 0 unspecified atom stereocenters. The fourth-order valence-corrected chi connectivity index (χ4v) is 0.898. The van der Waals surface area contributed by atoms with Crippen LogP contribution in [0.1, 0.15) is 6.42 Å². The zero-order chi connectivity index (χ0) is 8.27. The number of hydrogen-bond acceptors (Lipinski definition) is 3. The zero-order valence-electron chi connectivity index (χ0n) is 6.16. The number of rotatable bonds is 2. The molecule has 0 aromatic heterocycles. The number of carbonyl (C=O) groups excluding carboxylic acids is 2. The van der Waals surface area contributed by atoms with E-state index in [4.69, 9.17) is 0 Å². The van der Waals surface area contributed by atoms with Gasteiger partial charge in [0.1, 0.15) is 6.29 Å². The predicted octanol–water partition coefficient (Wildman–Crippen LogP) is 0.615. The first-order valence-electron chi connectivity index (χ1n) is 3.21. The minimum Gasteiger partial charge on any atom is -0.466 e. The summed E-state index contributed by atoms with van der Waals surface area (Å²) >= 11 is 0. The number of allylic oxidation sites excluding steroid dienone is 3. The molecule has 0 heterocycles. The molecule has 3 nitrogen and oxygen atoms in total. The Morgan fingerprint density at radius 2 is 2.36 bits per heavy atom. The standard InChI is InChI=1S/C8H8O3/c1-11-8(10)7-3-2-6(4-7)5-9/h2-3,5H,4H2,1H3. The summed E-state index contributed by atoms with van der Waals surface area (Å²) in [6, 6.07) is 0. The summed E-state index contributed by atoms with van der Waals surface area (Å²) in [5.74, 6) is -0.363. The van der Waals surface area contributed by atoms with Gasteiger partial charge in [-0.1, -0.05) is 12.2 Å². The molecular weight excluding hydrogens is 144 g/mol. The van der Waals surface area contributed by atoms with Gasteiger partial charge in [0.05, 0.1) is 7.11 Å². The van der Waals surface area contributed by atoms with Crippen LogP contribution in [0.15, 0.2) is 23.3 Å². The van der Waals surface area contributed by atoms with E-state index in [1.54, 1.807) is 12.2 Å². The second kappa shape index (κ2) is 3.14. The Morgan fingerprint density at radius 1 is 1.64 bits per heavy atom. The van der Waals surface area contributed by atoms with E-state index in [1.807, 2.05) is 0 Å². The largest absolute Gasteiger partial charge is 0.466 e. The lowest BCUT2D eigenvalue weighted by Gasteiger charge is -1.97. The molecule has 0 amide bonds. The van der Waals surface area contributed by atoms with Crippen LogP contribution in [0.4, 0.5) is 0 Å². The second-order valence-corrected chi connectivity index (χ2v) is 2.22. The van der Waals surface area contributed by atoms with Gasteiger partial charge in [-0.2, -0.15) is 0 Å². The minimum atomic E-state index is -0.363. The number of esters is 1. The molecule has 0 bridgehead atoms. The summed E-state index contributed by atoms with van der Waals surface area (Å²) in [5.41, 5.74) is 1.15. The molecular formula is C8H8O3. The monoisotopic (exact) mass is 152 g/mol. The third-order valence-electron chi connectivity index (χ3n) is 1.49. The van der Waals surface area contributed by atoms with E-state index >= 15 is 0 Å². The third-order valence-corrected chi connectivity index (χ3v) is 1.49. The van der Waals surface area contributed by atoms with Gasteiger partial charge < -0.3 is 4.74 Å². The molecule has 0 fully saturated rings. The fourth-order valence-electron chi connectivity index (χ4n) is 0.898. The van der Waals surface area contributed by atoms with Crippen molar-refractivity contribution in [2.75, 3.05) is 7.11 Å². The minimum absolute atomic E-state index is 0.363. The van der Waals surface area contributed by atoms with Crippen LogP contribution in [0.25, 0.3) is 0 Å². The maximum absolute atomic E-state index is 10.8. The first-order valence-corrected chi connectivity index (χ1v) is 3.21. The molecule has 3 heteroatoms. The molecule has 0 aromatic rings. The second-order valence-electron chi connectivity index (χ2n) is 2.22. The molecule has 1 aliphatic carbocycles. The van der Waals surface area contributed by atoms with E-state index in [0.29, 0.717) is 17.6 Å². The number of carbonyl (C=O) groups is 2. The maximum Gasteiger partial charge on any atom is 0.334 e. The van der Waals surface area contributed by atoms with Crippen molar-refractivity contribution in [3.05, 3.63) is 23.3 Å². The van der Waals surface area contributed by atoms with Gasteiger partial charge in [0, 0.05) is 12.0 Å². The van der Waals surface area contributed by atoms with Gasteiger partial charge in [0.2, 0.25) is 0 Å². The summed E-state index contributed by atoms with van der Waals surface area (Å²) in [7, 11) is 1.32. The molecule has 0 aromatic carbocycles. The van der Waals surface area contributed by atoms with E-state index in [0.717, 1.165) is 6.29 Å². The van der Waals surface area contributed by atoms with Crippen LogP contribution < -0.4 is 0 Å². The highest BCUT2D eigenvalue weighted by molar-refractivity contribution is 5.93. The van der Waals surface area contributed by atoms with E-state index in [2.05, 4.69) is 4.74 Å². The van der Waals surface area contributed by atoms with Crippen molar-refractivity contribution in [2.45, 2.75) is 6.42 Å². The van der Waals surface area contributed by atoms with Crippen LogP contribution in [-0.4, -0.2) is 19.4 Å². The van der Waals surface area contributed by atoms with Gasteiger partial charge >= 0.3 is 5.97 Å². The quantitative estimate of drug-likeness (QED) is 0.430. The predicted molar refractivity (Wildman–Crippen MR) is 38.9 cm³/mol. The van der Waals surface area contributed by atoms with Crippen molar-refractivity contribution in [2.24, 2.45) is 0 Å². The van der Waals surface area contributed by atoms with Gasteiger partial charge in [-0.3, -0.25) is 4.79 Å². The Labute approximate surface area is 64.3 Å². The Kier molecular flexibility index (Phi) is 2.21. The molecule has 0 saturated heterocycles. The molecule has 1 rings (SSSR count). The lowest BCUT2D eigenvalue weighted by Crippen LogP contribution is -2.03. The van der Waals surface area contributed by atoms with Crippen LogP contribution in [0.3, 0.4) is 0 Å². The molecule has 0 saturated carbocycles. The molecule has 0 spiro atoms. The summed E-state index contributed by atoms with van der Waals surface area (Å²) in [5, 5.41) is 0. The number of hydrogen-bond donors (Lipinski definition) is 0. The van der Waals surface area contributed by atoms with Gasteiger partial charge in [0.15, 0.2) is 0 Å². The first kappa shape index (κ1) is 7.72. The van der Waals surface area contributed by atoms with Gasteiger partial charge in [0.25, 0.3) is 0 Å². The Hall–Kier alpha value is -1.38. The average molecular weight is 152 g/mol. The van der Waals surface area contributed by atoms with Crippen molar-refractivity contribution in [1.29, 1.82) is 0 Å².